The smallest absolute Gasteiger partial charge is 0.321 e. The number of H-pyrrole nitrogens is 1. The van der Waals surface area contributed by atoms with Crippen molar-refractivity contribution in [3.05, 3.63) is 97.5 Å². The number of thiophene rings is 1. The monoisotopic (exact) mass is 506 g/mol. The first-order chi connectivity index (χ1) is 16.0. The minimum Gasteiger partial charge on any atom is -0.321 e. The van der Waals surface area contributed by atoms with Crippen molar-refractivity contribution in [2.45, 2.75) is 38.0 Å². The molecule has 178 valence electrons. The Kier molecular flexibility index (Phi) is 6.41. The summed E-state index contributed by atoms with van der Waals surface area (Å²) < 4.78 is 68.9. The summed E-state index contributed by atoms with van der Waals surface area (Å²) in [6.45, 7) is 3.20. The largest absolute Gasteiger partial charge is 0.417 e. The van der Waals surface area contributed by atoms with Gasteiger partial charge in [0, 0.05) is 23.5 Å². The molecule has 2 aromatic heterocycles. The average Bonchev–Trinajstić information content (AvgIpc) is 3.27. The highest BCUT2D eigenvalue weighted by Gasteiger charge is 2.39. The third-order valence-electron chi connectivity index (χ3n) is 5.44. The lowest BCUT2D eigenvalue weighted by Crippen LogP contribution is -2.33. The Morgan fingerprint density at radius 1 is 1.00 bits per heavy atom. The van der Waals surface area contributed by atoms with E-state index in [4.69, 9.17) is 0 Å². The van der Waals surface area contributed by atoms with Gasteiger partial charge in [-0.05, 0) is 60.5 Å². The second-order valence-corrected chi connectivity index (χ2v) is 11.0. The van der Waals surface area contributed by atoms with E-state index in [0.717, 1.165) is 39.0 Å². The zero-order chi connectivity index (χ0) is 24.7. The lowest BCUT2D eigenvalue weighted by atomic mass is 10.1. The van der Waals surface area contributed by atoms with Gasteiger partial charge in [-0.25, -0.2) is 8.42 Å². The Morgan fingerprint density at radius 3 is 2.41 bits per heavy atom. The number of nitrogens with one attached hydrogen (secondary N) is 1. The predicted octanol–water partition coefficient (Wildman–Crippen LogP) is 5.62. The van der Waals surface area contributed by atoms with Gasteiger partial charge in [0.1, 0.15) is 0 Å². The van der Waals surface area contributed by atoms with Gasteiger partial charge in [-0.15, -0.1) is 11.3 Å². The number of hydrogen-bond acceptors (Lipinski definition) is 4. The van der Waals surface area contributed by atoms with Crippen molar-refractivity contribution >= 4 is 32.3 Å². The molecule has 0 atom stereocenters. The molecule has 0 bridgehead atoms. The molecular weight excluding hydrogens is 485 g/mol. The molecule has 0 spiro atoms. The van der Waals surface area contributed by atoms with Gasteiger partial charge in [-0.3, -0.25) is 4.79 Å². The standard InChI is InChI=1S/C24H21F3N2O3S2/c1-15-10-16(2)22-17(11-15)12-18(23(30)28-22)13-29(14-19-6-5-9-33-19)34(31,32)21-8-4-3-7-20(21)24(25,26)27/h3-12H,13-14H2,1-2H3,(H,28,30). The van der Waals surface area contributed by atoms with Crippen molar-refractivity contribution in [3.8, 4) is 0 Å². The maximum Gasteiger partial charge on any atom is 0.417 e. The van der Waals surface area contributed by atoms with Crippen LogP contribution in [0.5, 0.6) is 0 Å². The molecule has 0 fully saturated rings. The van der Waals surface area contributed by atoms with Crippen LogP contribution in [0, 0.1) is 13.8 Å². The SMILES string of the molecule is Cc1cc(C)c2[nH]c(=O)c(CN(Cc3cccs3)S(=O)(=O)c3ccccc3C(F)(F)F)cc2c1. The van der Waals surface area contributed by atoms with E-state index in [1.54, 1.807) is 23.6 Å². The molecule has 0 saturated heterocycles. The molecule has 1 N–H and O–H groups in total. The summed E-state index contributed by atoms with van der Waals surface area (Å²) in [5.74, 6) is 0. The van der Waals surface area contributed by atoms with Crippen LogP contribution in [-0.2, 0) is 29.3 Å². The van der Waals surface area contributed by atoms with Crippen molar-refractivity contribution in [2.75, 3.05) is 0 Å². The first-order valence-corrected chi connectivity index (χ1v) is 12.6. The number of nitrogens with zero attached hydrogens (tertiary/aromatic N) is 1. The first-order valence-electron chi connectivity index (χ1n) is 10.3. The molecule has 5 nitrogen and oxygen atoms in total. The van der Waals surface area contributed by atoms with E-state index in [1.807, 2.05) is 26.0 Å². The van der Waals surface area contributed by atoms with Crippen LogP contribution in [0.15, 0.2) is 69.7 Å². The molecule has 2 aromatic carbocycles. The summed E-state index contributed by atoms with van der Waals surface area (Å²) in [6, 6.07) is 12.9. The van der Waals surface area contributed by atoms with E-state index in [9.17, 15) is 26.4 Å². The highest BCUT2D eigenvalue weighted by molar-refractivity contribution is 7.89. The van der Waals surface area contributed by atoms with Crippen LogP contribution in [0.4, 0.5) is 13.2 Å². The quantitative estimate of drug-likeness (QED) is 0.369. The van der Waals surface area contributed by atoms with Crippen molar-refractivity contribution in [1.29, 1.82) is 0 Å². The maximum absolute atomic E-state index is 13.6. The van der Waals surface area contributed by atoms with Crippen LogP contribution in [0.1, 0.15) is 27.1 Å². The fourth-order valence-electron chi connectivity index (χ4n) is 3.91. The number of rotatable bonds is 6. The molecule has 10 heteroatoms. The number of aromatic amines is 1. The number of sulfonamides is 1. The van der Waals surface area contributed by atoms with Crippen LogP contribution in [-0.4, -0.2) is 17.7 Å². The Bertz CT molecular complexity index is 1510. The van der Waals surface area contributed by atoms with Crippen LogP contribution >= 0.6 is 11.3 Å². The summed E-state index contributed by atoms with van der Waals surface area (Å²) in [4.78, 5) is 15.4. The Hall–Kier alpha value is -2.95. The minimum absolute atomic E-state index is 0.141. The van der Waals surface area contributed by atoms with Gasteiger partial charge in [-0.1, -0.05) is 29.8 Å². The van der Waals surface area contributed by atoms with E-state index in [2.05, 4.69) is 4.98 Å². The molecule has 2 heterocycles. The van der Waals surface area contributed by atoms with E-state index in [1.165, 1.54) is 17.4 Å². The number of halogens is 3. The first kappa shape index (κ1) is 24.2. The number of hydrogen-bond donors (Lipinski definition) is 1. The lowest BCUT2D eigenvalue weighted by Gasteiger charge is -2.24. The van der Waals surface area contributed by atoms with Crippen LogP contribution in [0.25, 0.3) is 10.9 Å². The van der Waals surface area contributed by atoms with Crippen molar-refractivity contribution < 1.29 is 21.6 Å². The molecule has 0 amide bonds. The molecule has 0 unspecified atom stereocenters. The van der Waals surface area contributed by atoms with E-state index >= 15 is 0 Å². The number of pyridine rings is 1. The van der Waals surface area contributed by atoms with Crippen LogP contribution in [0.2, 0.25) is 0 Å². The maximum atomic E-state index is 13.6. The number of benzene rings is 2. The zero-order valence-electron chi connectivity index (χ0n) is 18.3. The predicted molar refractivity (Wildman–Crippen MR) is 126 cm³/mol. The number of alkyl halides is 3. The van der Waals surface area contributed by atoms with Gasteiger partial charge in [0.05, 0.1) is 16.0 Å². The fraction of sp³-hybridized carbons (Fsp3) is 0.208. The molecule has 34 heavy (non-hydrogen) atoms. The molecule has 0 aliphatic heterocycles. The molecule has 4 aromatic rings. The summed E-state index contributed by atoms with van der Waals surface area (Å²) >= 11 is 1.28. The van der Waals surface area contributed by atoms with Gasteiger partial charge in [-0.2, -0.15) is 17.5 Å². The van der Waals surface area contributed by atoms with Gasteiger partial charge in [0.2, 0.25) is 10.0 Å². The van der Waals surface area contributed by atoms with Gasteiger partial charge in [0.25, 0.3) is 5.56 Å². The van der Waals surface area contributed by atoms with Crippen LogP contribution < -0.4 is 5.56 Å². The van der Waals surface area contributed by atoms with Crippen molar-refractivity contribution in [2.24, 2.45) is 0 Å². The van der Waals surface area contributed by atoms with Gasteiger partial charge in [0.15, 0.2) is 0 Å². The Morgan fingerprint density at radius 2 is 1.74 bits per heavy atom. The van der Waals surface area contributed by atoms with E-state index < -0.39 is 32.2 Å². The highest BCUT2D eigenvalue weighted by Crippen LogP contribution is 2.36. The van der Waals surface area contributed by atoms with Gasteiger partial charge < -0.3 is 4.98 Å². The minimum atomic E-state index is -4.85. The Balaban J connectivity index is 1.84. The zero-order valence-corrected chi connectivity index (χ0v) is 19.9. The van der Waals surface area contributed by atoms with Crippen molar-refractivity contribution in [3.63, 3.8) is 0 Å². The molecule has 0 aliphatic carbocycles. The molecule has 0 saturated carbocycles. The average molecular weight is 507 g/mol. The number of aromatic nitrogens is 1. The number of aryl methyl sites for hydroxylation is 2. The highest BCUT2D eigenvalue weighted by atomic mass is 32.2. The fourth-order valence-corrected chi connectivity index (χ4v) is 6.32. The third kappa shape index (κ3) is 4.79. The molecule has 0 aliphatic rings. The topological polar surface area (TPSA) is 70.2 Å². The molecule has 0 radical (unpaired) electrons. The van der Waals surface area contributed by atoms with E-state index in [-0.39, 0.29) is 18.7 Å². The molecule has 4 rings (SSSR count). The Labute approximate surface area is 198 Å². The summed E-state index contributed by atoms with van der Waals surface area (Å²) in [6.07, 6.45) is -4.85. The second kappa shape index (κ2) is 9.01. The summed E-state index contributed by atoms with van der Waals surface area (Å²) in [5, 5.41) is 2.47. The second-order valence-electron chi connectivity index (χ2n) is 8.02. The van der Waals surface area contributed by atoms with E-state index in [0.29, 0.717) is 10.4 Å². The number of fused-ring (bicyclic) bond motifs is 1. The summed E-state index contributed by atoms with van der Waals surface area (Å²) in [7, 11) is -4.61. The van der Waals surface area contributed by atoms with Crippen LogP contribution in [0.3, 0.4) is 0 Å². The lowest BCUT2D eigenvalue weighted by molar-refractivity contribution is -0.139. The summed E-state index contributed by atoms with van der Waals surface area (Å²) in [5.41, 5.74) is 0.863. The molecular formula is C24H21F3N2O3S2. The normalized spacial score (nSPS) is 12.5. The van der Waals surface area contributed by atoms with Crippen molar-refractivity contribution in [1.82, 2.24) is 9.29 Å². The van der Waals surface area contributed by atoms with Gasteiger partial charge >= 0.3 is 6.18 Å². The third-order valence-corrected chi connectivity index (χ3v) is 8.15.